The predicted molar refractivity (Wildman–Crippen MR) is 47.4 cm³/mol. The van der Waals surface area contributed by atoms with Crippen molar-refractivity contribution < 1.29 is 14.1 Å². The minimum Gasteiger partial charge on any atom is -0.369 e. The van der Waals surface area contributed by atoms with Gasteiger partial charge in [0.1, 0.15) is 0 Å². The van der Waals surface area contributed by atoms with Crippen LogP contribution in [0, 0.1) is 0 Å². The Kier molecular flexibility index (Phi) is 2.85. The first-order valence-corrected chi connectivity index (χ1v) is 3.96. The van der Waals surface area contributed by atoms with Crippen LogP contribution in [0.2, 0.25) is 0 Å². The van der Waals surface area contributed by atoms with Crippen LogP contribution in [0.5, 0.6) is 0 Å². The molecule has 6 nitrogen and oxygen atoms in total. The molecule has 2 N–H and O–H groups in total. The molecular formula is C8H11N3O3. The van der Waals surface area contributed by atoms with E-state index in [9.17, 15) is 9.59 Å². The monoisotopic (exact) mass is 197 g/mol. The number of nitrogens with zero attached hydrogens (tertiary/aromatic N) is 2. The highest BCUT2D eigenvalue weighted by Gasteiger charge is 2.15. The Hall–Kier alpha value is -1.85. The number of aromatic nitrogens is 1. The summed E-state index contributed by atoms with van der Waals surface area (Å²) in [6.45, 7) is 0. The van der Waals surface area contributed by atoms with Crippen LogP contribution in [0.3, 0.4) is 0 Å². The third-order valence-electron chi connectivity index (χ3n) is 1.53. The summed E-state index contributed by atoms with van der Waals surface area (Å²) in [6.07, 6.45) is -0.0236. The van der Waals surface area contributed by atoms with Gasteiger partial charge < -0.3 is 15.2 Å². The van der Waals surface area contributed by atoms with Gasteiger partial charge in [0.05, 0.1) is 12.1 Å². The molecule has 0 aliphatic rings. The minimum atomic E-state index is -0.512. The summed E-state index contributed by atoms with van der Waals surface area (Å²) in [6, 6.07) is 1.41. The normalized spacial score (nSPS) is 9.86. The van der Waals surface area contributed by atoms with E-state index in [1.807, 2.05) is 0 Å². The van der Waals surface area contributed by atoms with E-state index >= 15 is 0 Å². The molecule has 0 aromatic carbocycles. The van der Waals surface area contributed by atoms with Gasteiger partial charge in [0, 0.05) is 20.2 Å². The summed E-state index contributed by atoms with van der Waals surface area (Å²) in [5.74, 6) is -0.707. The van der Waals surface area contributed by atoms with Crippen molar-refractivity contribution in [2.75, 3.05) is 14.1 Å². The van der Waals surface area contributed by atoms with E-state index in [1.165, 1.54) is 11.0 Å². The van der Waals surface area contributed by atoms with Crippen LogP contribution in [-0.2, 0) is 11.2 Å². The topological polar surface area (TPSA) is 89.4 Å². The number of hydrogen-bond acceptors (Lipinski definition) is 4. The molecule has 0 aliphatic carbocycles. The fourth-order valence-corrected chi connectivity index (χ4v) is 0.895. The number of nitrogens with two attached hydrogens (primary N) is 1. The summed E-state index contributed by atoms with van der Waals surface area (Å²) in [7, 11) is 3.19. The van der Waals surface area contributed by atoms with Gasteiger partial charge in [0.2, 0.25) is 11.7 Å². The van der Waals surface area contributed by atoms with Gasteiger partial charge in [-0.3, -0.25) is 9.59 Å². The van der Waals surface area contributed by atoms with Crippen LogP contribution in [0.25, 0.3) is 0 Å². The largest absolute Gasteiger partial charge is 0.369 e. The van der Waals surface area contributed by atoms with Gasteiger partial charge in [-0.25, -0.2) is 0 Å². The summed E-state index contributed by atoms with van der Waals surface area (Å²) in [5.41, 5.74) is 5.32. The average Bonchev–Trinajstić information content (AvgIpc) is 2.50. The summed E-state index contributed by atoms with van der Waals surface area (Å²) in [5, 5.41) is 3.54. The molecule has 76 valence electrons. The van der Waals surface area contributed by atoms with E-state index in [0.29, 0.717) is 5.69 Å². The Labute approximate surface area is 80.6 Å². The Morgan fingerprint density at radius 1 is 1.57 bits per heavy atom. The maximum Gasteiger partial charge on any atom is 0.291 e. The molecule has 0 radical (unpaired) electrons. The fourth-order valence-electron chi connectivity index (χ4n) is 0.895. The van der Waals surface area contributed by atoms with E-state index in [1.54, 1.807) is 14.1 Å². The van der Waals surface area contributed by atoms with Crippen molar-refractivity contribution in [1.82, 2.24) is 10.1 Å². The molecule has 1 rings (SSSR count). The highest BCUT2D eigenvalue weighted by Crippen LogP contribution is 2.05. The molecule has 0 spiro atoms. The molecule has 0 bridgehead atoms. The molecule has 1 heterocycles. The van der Waals surface area contributed by atoms with Crippen LogP contribution >= 0.6 is 0 Å². The van der Waals surface area contributed by atoms with Crippen molar-refractivity contribution in [2.24, 2.45) is 5.73 Å². The molecule has 1 aromatic rings. The zero-order valence-electron chi connectivity index (χ0n) is 7.98. The number of carbonyl (C=O) groups is 2. The highest BCUT2D eigenvalue weighted by atomic mass is 16.5. The lowest BCUT2D eigenvalue weighted by molar-refractivity contribution is -0.117. The molecule has 1 aromatic heterocycles. The molecule has 0 fully saturated rings. The first-order chi connectivity index (χ1) is 6.50. The molecule has 0 unspecified atom stereocenters. The molecule has 0 aliphatic heterocycles. The van der Waals surface area contributed by atoms with E-state index in [0.717, 1.165) is 0 Å². The quantitative estimate of drug-likeness (QED) is 0.700. The van der Waals surface area contributed by atoms with Crippen LogP contribution in [0.1, 0.15) is 16.2 Å². The zero-order valence-corrected chi connectivity index (χ0v) is 7.98. The smallest absolute Gasteiger partial charge is 0.291 e. The van der Waals surface area contributed by atoms with E-state index in [-0.39, 0.29) is 18.1 Å². The lowest BCUT2D eigenvalue weighted by Crippen LogP contribution is -2.21. The fraction of sp³-hybridized carbons (Fsp3) is 0.375. The first kappa shape index (κ1) is 10.2. The summed E-state index contributed by atoms with van der Waals surface area (Å²) < 4.78 is 4.74. The van der Waals surface area contributed by atoms with Gasteiger partial charge in [0.15, 0.2) is 0 Å². The Balaban J connectivity index is 2.77. The molecule has 6 heteroatoms. The number of primary amides is 1. The molecule has 2 amide bonds. The van der Waals surface area contributed by atoms with Crippen molar-refractivity contribution >= 4 is 11.8 Å². The predicted octanol–water partition coefficient (Wildman–Crippen LogP) is -0.596. The number of rotatable bonds is 3. The molecule has 14 heavy (non-hydrogen) atoms. The molecular weight excluding hydrogens is 186 g/mol. The van der Waals surface area contributed by atoms with Gasteiger partial charge in [-0.05, 0) is 0 Å². The minimum absolute atomic E-state index is 0.0236. The number of hydrogen-bond donors (Lipinski definition) is 1. The highest BCUT2D eigenvalue weighted by molar-refractivity contribution is 5.91. The van der Waals surface area contributed by atoms with Crippen molar-refractivity contribution in [3.63, 3.8) is 0 Å². The van der Waals surface area contributed by atoms with Gasteiger partial charge >= 0.3 is 0 Å². The third-order valence-corrected chi connectivity index (χ3v) is 1.53. The second-order valence-corrected chi connectivity index (χ2v) is 3.03. The lowest BCUT2D eigenvalue weighted by Gasteiger charge is -2.05. The Bertz CT molecular complexity index is 356. The number of amides is 2. The van der Waals surface area contributed by atoms with Crippen LogP contribution in [-0.4, -0.2) is 36.0 Å². The average molecular weight is 197 g/mol. The molecule has 0 atom stereocenters. The van der Waals surface area contributed by atoms with Crippen molar-refractivity contribution in [3.8, 4) is 0 Å². The van der Waals surface area contributed by atoms with Gasteiger partial charge in [-0.15, -0.1) is 0 Å². The first-order valence-electron chi connectivity index (χ1n) is 3.96. The Morgan fingerprint density at radius 3 is 2.71 bits per heavy atom. The van der Waals surface area contributed by atoms with Crippen LogP contribution in [0.15, 0.2) is 10.6 Å². The molecule has 0 saturated heterocycles. The maximum absolute atomic E-state index is 11.3. The standard InChI is InChI=1S/C8H11N3O3/c1-11(2)8(13)6-3-5(10-14-6)4-7(9)12/h3H,4H2,1-2H3,(H2,9,12). The Morgan fingerprint density at radius 2 is 2.21 bits per heavy atom. The van der Waals surface area contributed by atoms with Gasteiger partial charge in [-0.1, -0.05) is 5.16 Å². The number of carbonyl (C=O) groups excluding carboxylic acids is 2. The van der Waals surface area contributed by atoms with Crippen molar-refractivity contribution in [3.05, 3.63) is 17.5 Å². The van der Waals surface area contributed by atoms with Crippen LogP contribution in [0.4, 0.5) is 0 Å². The lowest BCUT2D eigenvalue weighted by atomic mass is 10.2. The van der Waals surface area contributed by atoms with Crippen molar-refractivity contribution in [1.29, 1.82) is 0 Å². The maximum atomic E-state index is 11.3. The summed E-state index contributed by atoms with van der Waals surface area (Å²) >= 11 is 0. The molecule has 0 saturated carbocycles. The SMILES string of the molecule is CN(C)C(=O)c1cc(CC(N)=O)no1. The van der Waals surface area contributed by atoms with Crippen LogP contribution < -0.4 is 5.73 Å². The van der Waals surface area contributed by atoms with E-state index in [4.69, 9.17) is 10.3 Å². The van der Waals surface area contributed by atoms with E-state index in [2.05, 4.69) is 5.16 Å². The second kappa shape index (κ2) is 3.91. The second-order valence-electron chi connectivity index (χ2n) is 3.03. The zero-order chi connectivity index (χ0) is 10.7. The summed E-state index contributed by atoms with van der Waals surface area (Å²) in [4.78, 5) is 23.2. The third kappa shape index (κ3) is 2.32. The van der Waals surface area contributed by atoms with E-state index < -0.39 is 5.91 Å². The van der Waals surface area contributed by atoms with Gasteiger partial charge in [-0.2, -0.15) is 0 Å². The van der Waals surface area contributed by atoms with Gasteiger partial charge in [0.25, 0.3) is 5.91 Å². The van der Waals surface area contributed by atoms with Crippen molar-refractivity contribution in [2.45, 2.75) is 6.42 Å².